The van der Waals surface area contributed by atoms with Crippen molar-refractivity contribution in [1.82, 2.24) is 5.32 Å². The lowest BCUT2D eigenvalue weighted by molar-refractivity contribution is 0.0702. The van der Waals surface area contributed by atoms with E-state index in [0.717, 1.165) is 17.7 Å². The Morgan fingerprint density at radius 2 is 2.06 bits per heavy atom. The van der Waals surface area contributed by atoms with Crippen LogP contribution in [0.3, 0.4) is 0 Å². The van der Waals surface area contributed by atoms with Crippen molar-refractivity contribution in [2.75, 3.05) is 6.61 Å². The predicted octanol–water partition coefficient (Wildman–Crippen LogP) is 2.09. The summed E-state index contributed by atoms with van der Waals surface area (Å²) in [5.74, 6) is -0.888. The summed E-state index contributed by atoms with van der Waals surface area (Å²) in [6, 6.07) is 3.43. The van der Waals surface area contributed by atoms with Crippen LogP contribution in [0.15, 0.2) is 12.1 Å². The minimum atomic E-state index is -0.888. The van der Waals surface area contributed by atoms with Crippen LogP contribution < -0.4 is 5.32 Å². The molecule has 1 rings (SSSR count). The van der Waals surface area contributed by atoms with Gasteiger partial charge >= 0.3 is 5.97 Å². The zero-order valence-corrected chi connectivity index (χ0v) is 11.0. The average Bonchev–Trinajstić information content (AvgIpc) is 2.81. The number of rotatable bonds is 7. The second-order valence-corrected chi connectivity index (χ2v) is 5.24. The van der Waals surface area contributed by atoms with Gasteiger partial charge in [-0.3, -0.25) is 0 Å². The number of aliphatic hydroxyl groups excluding tert-OH is 1. The number of hydrogen-bond donors (Lipinski definition) is 3. The summed E-state index contributed by atoms with van der Waals surface area (Å²) in [6.45, 7) is 4.75. The normalized spacial score (nSPS) is 11.7. The van der Waals surface area contributed by atoms with Gasteiger partial charge in [0.05, 0.1) is 6.61 Å². The van der Waals surface area contributed by atoms with Gasteiger partial charge in [-0.1, -0.05) is 13.8 Å². The molecule has 4 nitrogen and oxygen atoms in total. The van der Waals surface area contributed by atoms with Gasteiger partial charge in [-0.25, -0.2) is 4.79 Å². The SMILES string of the molecule is CCC(CC)(CO)NCc1ccc(C(=O)O)s1. The van der Waals surface area contributed by atoms with Gasteiger partial charge < -0.3 is 15.5 Å². The van der Waals surface area contributed by atoms with Gasteiger partial charge in [0.1, 0.15) is 4.88 Å². The molecule has 17 heavy (non-hydrogen) atoms. The molecule has 5 heteroatoms. The summed E-state index contributed by atoms with van der Waals surface area (Å²) in [4.78, 5) is 12.1. The van der Waals surface area contributed by atoms with E-state index in [1.807, 2.05) is 19.9 Å². The lowest BCUT2D eigenvalue weighted by Gasteiger charge is -2.30. The van der Waals surface area contributed by atoms with E-state index < -0.39 is 5.97 Å². The van der Waals surface area contributed by atoms with E-state index in [-0.39, 0.29) is 12.1 Å². The van der Waals surface area contributed by atoms with Crippen molar-refractivity contribution in [3.05, 3.63) is 21.9 Å². The van der Waals surface area contributed by atoms with Crippen molar-refractivity contribution in [1.29, 1.82) is 0 Å². The van der Waals surface area contributed by atoms with Gasteiger partial charge in [-0.2, -0.15) is 0 Å². The predicted molar refractivity (Wildman–Crippen MR) is 68.5 cm³/mol. The first-order chi connectivity index (χ1) is 8.06. The van der Waals surface area contributed by atoms with Gasteiger partial charge in [0.25, 0.3) is 0 Å². The first-order valence-electron chi connectivity index (χ1n) is 5.74. The lowest BCUT2D eigenvalue weighted by Crippen LogP contribution is -2.46. The maximum Gasteiger partial charge on any atom is 0.345 e. The van der Waals surface area contributed by atoms with Crippen molar-refractivity contribution in [2.45, 2.75) is 38.8 Å². The average molecular weight is 257 g/mol. The molecular formula is C12H19NO3S. The van der Waals surface area contributed by atoms with E-state index in [4.69, 9.17) is 5.11 Å². The zero-order valence-electron chi connectivity index (χ0n) is 10.2. The van der Waals surface area contributed by atoms with Crippen LogP contribution in [0.25, 0.3) is 0 Å². The van der Waals surface area contributed by atoms with Gasteiger partial charge in [-0.15, -0.1) is 11.3 Å². The minimum Gasteiger partial charge on any atom is -0.477 e. The molecule has 1 heterocycles. The molecule has 0 aliphatic carbocycles. The molecule has 1 aromatic rings. The van der Waals surface area contributed by atoms with Crippen LogP contribution in [0.2, 0.25) is 0 Å². The highest BCUT2D eigenvalue weighted by atomic mass is 32.1. The summed E-state index contributed by atoms with van der Waals surface area (Å²) < 4.78 is 0. The smallest absolute Gasteiger partial charge is 0.345 e. The fraction of sp³-hybridized carbons (Fsp3) is 0.583. The second kappa shape index (κ2) is 6.14. The van der Waals surface area contributed by atoms with Crippen LogP contribution in [-0.4, -0.2) is 28.3 Å². The highest BCUT2D eigenvalue weighted by molar-refractivity contribution is 7.13. The van der Waals surface area contributed by atoms with Crippen LogP contribution in [0, 0.1) is 0 Å². The quantitative estimate of drug-likeness (QED) is 0.699. The Morgan fingerprint density at radius 3 is 2.47 bits per heavy atom. The van der Waals surface area contributed by atoms with Crippen molar-refractivity contribution in [2.24, 2.45) is 0 Å². The third-order valence-electron chi connectivity index (χ3n) is 3.17. The third kappa shape index (κ3) is 3.52. The van der Waals surface area contributed by atoms with Crippen molar-refractivity contribution in [3.63, 3.8) is 0 Å². The minimum absolute atomic E-state index is 0.0944. The van der Waals surface area contributed by atoms with Crippen LogP contribution in [-0.2, 0) is 6.54 Å². The number of aromatic carboxylic acids is 1. The fourth-order valence-corrected chi connectivity index (χ4v) is 2.43. The topological polar surface area (TPSA) is 69.6 Å². The first kappa shape index (κ1) is 14.2. The van der Waals surface area contributed by atoms with Crippen LogP contribution in [0.1, 0.15) is 41.2 Å². The van der Waals surface area contributed by atoms with Gasteiger partial charge in [-0.05, 0) is 25.0 Å². The molecule has 0 spiro atoms. The van der Waals surface area contributed by atoms with E-state index in [0.29, 0.717) is 11.4 Å². The summed E-state index contributed by atoms with van der Waals surface area (Å²) in [5.41, 5.74) is -0.257. The van der Waals surface area contributed by atoms with Gasteiger partial charge in [0.2, 0.25) is 0 Å². The molecule has 0 aliphatic heterocycles. The standard InChI is InChI=1S/C12H19NO3S/c1-3-12(4-2,8-14)13-7-9-5-6-10(17-9)11(15)16/h5-6,13-14H,3-4,7-8H2,1-2H3,(H,15,16). The Hall–Kier alpha value is -0.910. The molecular weight excluding hydrogens is 238 g/mol. The van der Waals surface area contributed by atoms with Crippen molar-refractivity contribution >= 4 is 17.3 Å². The summed E-state index contributed by atoms with van der Waals surface area (Å²) in [6.07, 6.45) is 1.69. The van der Waals surface area contributed by atoms with E-state index in [1.165, 1.54) is 11.3 Å². The second-order valence-electron chi connectivity index (χ2n) is 4.07. The van der Waals surface area contributed by atoms with Crippen LogP contribution in [0.4, 0.5) is 0 Å². The van der Waals surface area contributed by atoms with Crippen molar-refractivity contribution in [3.8, 4) is 0 Å². The third-order valence-corrected chi connectivity index (χ3v) is 4.24. The number of carbonyl (C=O) groups is 1. The molecule has 3 N–H and O–H groups in total. The molecule has 1 aromatic heterocycles. The number of aliphatic hydroxyl groups is 1. The molecule has 0 saturated carbocycles. The van der Waals surface area contributed by atoms with Crippen molar-refractivity contribution < 1.29 is 15.0 Å². The number of hydrogen-bond acceptors (Lipinski definition) is 4. The van der Waals surface area contributed by atoms with Crippen LogP contribution in [0.5, 0.6) is 0 Å². The molecule has 0 atom stereocenters. The lowest BCUT2D eigenvalue weighted by atomic mass is 9.94. The van der Waals surface area contributed by atoms with Gasteiger partial charge in [0, 0.05) is 17.0 Å². The van der Waals surface area contributed by atoms with Crippen LogP contribution >= 0.6 is 11.3 Å². The molecule has 0 amide bonds. The molecule has 0 bridgehead atoms. The maximum atomic E-state index is 10.7. The van der Waals surface area contributed by atoms with E-state index >= 15 is 0 Å². The number of carboxylic acid groups (broad SMARTS) is 1. The largest absolute Gasteiger partial charge is 0.477 e. The molecule has 96 valence electrons. The zero-order chi connectivity index (χ0) is 12.9. The molecule has 0 aromatic carbocycles. The molecule has 0 unspecified atom stereocenters. The summed E-state index contributed by atoms with van der Waals surface area (Å²) in [5, 5.41) is 21.5. The molecule has 0 radical (unpaired) electrons. The van der Waals surface area contributed by atoms with E-state index in [2.05, 4.69) is 5.32 Å². The Balaban J connectivity index is 2.62. The Labute approximate surface area is 105 Å². The van der Waals surface area contributed by atoms with E-state index in [1.54, 1.807) is 6.07 Å². The maximum absolute atomic E-state index is 10.7. The molecule has 0 fully saturated rings. The summed E-state index contributed by atoms with van der Waals surface area (Å²) in [7, 11) is 0. The molecule has 0 aliphatic rings. The highest BCUT2D eigenvalue weighted by Gasteiger charge is 2.24. The Kier molecular flexibility index (Phi) is 5.11. The number of nitrogens with one attached hydrogen (secondary N) is 1. The Morgan fingerprint density at radius 1 is 1.41 bits per heavy atom. The first-order valence-corrected chi connectivity index (χ1v) is 6.56. The fourth-order valence-electron chi connectivity index (χ4n) is 1.64. The highest BCUT2D eigenvalue weighted by Crippen LogP contribution is 2.19. The summed E-state index contributed by atoms with van der Waals surface area (Å²) >= 11 is 1.27. The van der Waals surface area contributed by atoms with Gasteiger partial charge in [0.15, 0.2) is 0 Å². The molecule has 0 saturated heterocycles. The monoisotopic (exact) mass is 257 g/mol. The number of thiophene rings is 1. The van der Waals surface area contributed by atoms with E-state index in [9.17, 15) is 9.90 Å². The Bertz CT molecular complexity index is 363. The number of carboxylic acids is 1.